The van der Waals surface area contributed by atoms with Crippen molar-refractivity contribution in [3.63, 3.8) is 0 Å². The molecular weight excluding hydrogens is 202 g/mol. The second kappa shape index (κ2) is 4.16. The van der Waals surface area contributed by atoms with Crippen LogP contribution in [-0.2, 0) is 4.79 Å². The van der Waals surface area contributed by atoms with Crippen molar-refractivity contribution in [3.8, 4) is 5.75 Å². The van der Waals surface area contributed by atoms with Gasteiger partial charge in [0.1, 0.15) is 5.75 Å². The summed E-state index contributed by atoms with van der Waals surface area (Å²) in [5, 5.41) is 0. The van der Waals surface area contributed by atoms with Crippen LogP contribution in [0.4, 0.5) is 5.69 Å². The topological polar surface area (TPSA) is 29.5 Å². The SMILES string of the molecule is COc1cc(C)c(N2CCCC2=O)c(C)c1. The van der Waals surface area contributed by atoms with Crippen LogP contribution in [0.15, 0.2) is 12.1 Å². The van der Waals surface area contributed by atoms with Gasteiger partial charge in [0.2, 0.25) is 5.91 Å². The van der Waals surface area contributed by atoms with E-state index in [1.807, 2.05) is 30.9 Å². The fraction of sp³-hybridized carbons (Fsp3) is 0.462. The number of amides is 1. The first-order valence-electron chi connectivity index (χ1n) is 5.59. The summed E-state index contributed by atoms with van der Waals surface area (Å²) in [7, 11) is 1.66. The van der Waals surface area contributed by atoms with Crippen molar-refractivity contribution in [2.75, 3.05) is 18.6 Å². The van der Waals surface area contributed by atoms with Gasteiger partial charge in [0.15, 0.2) is 0 Å². The molecule has 0 aliphatic carbocycles. The lowest BCUT2D eigenvalue weighted by molar-refractivity contribution is -0.117. The van der Waals surface area contributed by atoms with E-state index >= 15 is 0 Å². The maximum absolute atomic E-state index is 11.7. The third-order valence-corrected chi connectivity index (χ3v) is 3.04. The van der Waals surface area contributed by atoms with Gasteiger partial charge in [-0.3, -0.25) is 4.79 Å². The Balaban J connectivity index is 2.44. The number of methoxy groups -OCH3 is 1. The second-order valence-electron chi connectivity index (χ2n) is 4.26. The molecule has 1 aliphatic rings. The highest BCUT2D eigenvalue weighted by Gasteiger charge is 2.24. The number of benzene rings is 1. The monoisotopic (exact) mass is 219 g/mol. The smallest absolute Gasteiger partial charge is 0.227 e. The van der Waals surface area contributed by atoms with E-state index in [-0.39, 0.29) is 5.91 Å². The first-order valence-corrected chi connectivity index (χ1v) is 5.59. The van der Waals surface area contributed by atoms with Gasteiger partial charge in [0, 0.05) is 18.7 Å². The molecule has 0 saturated carbocycles. The van der Waals surface area contributed by atoms with Gasteiger partial charge in [-0.25, -0.2) is 0 Å². The van der Waals surface area contributed by atoms with Crippen LogP contribution in [0.25, 0.3) is 0 Å². The molecule has 3 heteroatoms. The Kier molecular flexibility index (Phi) is 2.86. The van der Waals surface area contributed by atoms with E-state index in [9.17, 15) is 4.79 Å². The van der Waals surface area contributed by atoms with Crippen molar-refractivity contribution in [3.05, 3.63) is 23.3 Å². The summed E-state index contributed by atoms with van der Waals surface area (Å²) in [5.74, 6) is 1.08. The van der Waals surface area contributed by atoms with Gasteiger partial charge in [0.05, 0.1) is 7.11 Å². The van der Waals surface area contributed by atoms with Crippen LogP contribution in [0, 0.1) is 13.8 Å². The van der Waals surface area contributed by atoms with Crippen molar-refractivity contribution in [1.82, 2.24) is 0 Å². The van der Waals surface area contributed by atoms with E-state index in [0.717, 1.165) is 35.5 Å². The van der Waals surface area contributed by atoms with Crippen molar-refractivity contribution < 1.29 is 9.53 Å². The van der Waals surface area contributed by atoms with E-state index in [2.05, 4.69) is 0 Å². The summed E-state index contributed by atoms with van der Waals surface area (Å²) >= 11 is 0. The molecular formula is C13H17NO2. The Morgan fingerprint density at radius 3 is 2.31 bits per heavy atom. The molecule has 0 N–H and O–H groups in total. The molecule has 86 valence electrons. The van der Waals surface area contributed by atoms with Gasteiger partial charge in [-0.2, -0.15) is 0 Å². The molecule has 1 aromatic carbocycles. The fourth-order valence-electron chi connectivity index (χ4n) is 2.34. The number of ether oxygens (including phenoxy) is 1. The maximum atomic E-state index is 11.7. The van der Waals surface area contributed by atoms with Crippen LogP contribution in [0.1, 0.15) is 24.0 Å². The molecule has 0 bridgehead atoms. The molecule has 0 spiro atoms. The number of carbonyl (C=O) groups excluding carboxylic acids is 1. The van der Waals surface area contributed by atoms with Crippen molar-refractivity contribution in [1.29, 1.82) is 0 Å². The van der Waals surface area contributed by atoms with Gasteiger partial charge in [-0.05, 0) is 43.5 Å². The Labute approximate surface area is 96.0 Å². The minimum absolute atomic E-state index is 0.233. The third-order valence-electron chi connectivity index (χ3n) is 3.04. The number of anilines is 1. The number of hydrogen-bond donors (Lipinski definition) is 0. The zero-order valence-electron chi connectivity index (χ0n) is 10.0. The predicted molar refractivity (Wildman–Crippen MR) is 64.1 cm³/mol. The molecule has 0 atom stereocenters. The number of aryl methyl sites for hydroxylation is 2. The van der Waals surface area contributed by atoms with Crippen molar-refractivity contribution >= 4 is 11.6 Å². The average Bonchev–Trinajstić information content (AvgIpc) is 2.64. The number of hydrogen-bond acceptors (Lipinski definition) is 2. The molecule has 0 radical (unpaired) electrons. The number of carbonyl (C=O) groups is 1. The highest BCUT2D eigenvalue weighted by Crippen LogP contribution is 2.32. The molecule has 1 saturated heterocycles. The zero-order chi connectivity index (χ0) is 11.7. The van der Waals surface area contributed by atoms with Crippen LogP contribution < -0.4 is 9.64 Å². The van der Waals surface area contributed by atoms with Crippen LogP contribution in [0.3, 0.4) is 0 Å². The molecule has 1 fully saturated rings. The lowest BCUT2D eigenvalue weighted by Crippen LogP contribution is -2.25. The molecule has 0 aromatic heterocycles. The van der Waals surface area contributed by atoms with Crippen molar-refractivity contribution in [2.45, 2.75) is 26.7 Å². The number of nitrogens with zero attached hydrogens (tertiary/aromatic N) is 1. The molecule has 1 amide bonds. The van der Waals surface area contributed by atoms with Gasteiger partial charge in [0.25, 0.3) is 0 Å². The summed E-state index contributed by atoms with van der Waals surface area (Å²) in [6.07, 6.45) is 1.63. The molecule has 16 heavy (non-hydrogen) atoms. The highest BCUT2D eigenvalue weighted by atomic mass is 16.5. The molecule has 2 rings (SSSR count). The molecule has 3 nitrogen and oxygen atoms in total. The maximum Gasteiger partial charge on any atom is 0.227 e. The van der Waals surface area contributed by atoms with Gasteiger partial charge >= 0.3 is 0 Å². The van der Waals surface area contributed by atoms with E-state index < -0.39 is 0 Å². The summed E-state index contributed by atoms with van der Waals surface area (Å²) in [4.78, 5) is 13.6. The van der Waals surface area contributed by atoms with Crippen LogP contribution >= 0.6 is 0 Å². The van der Waals surface area contributed by atoms with Gasteiger partial charge < -0.3 is 9.64 Å². The van der Waals surface area contributed by atoms with Crippen LogP contribution in [0.2, 0.25) is 0 Å². The minimum atomic E-state index is 0.233. The third kappa shape index (κ3) is 1.77. The van der Waals surface area contributed by atoms with Gasteiger partial charge in [-0.1, -0.05) is 0 Å². The highest BCUT2D eigenvalue weighted by molar-refractivity contribution is 5.96. The Hall–Kier alpha value is -1.51. The quantitative estimate of drug-likeness (QED) is 0.764. The molecule has 1 aromatic rings. The molecule has 1 aliphatic heterocycles. The zero-order valence-corrected chi connectivity index (χ0v) is 10.0. The second-order valence-corrected chi connectivity index (χ2v) is 4.26. The first kappa shape index (κ1) is 11.0. The average molecular weight is 219 g/mol. The lowest BCUT2D eigenvalue weighted by atomic mass is 10.1. The predicted octanol–water partition coefficient (Wildman–Crippen LogP) is 2.44. The standard InChI is InChI=1S/C13H17NO2/c1-9-7-11(16-3)8-10(2)13(9)14-6-4-5-12(14)15/h7-8H,4-6H2,1-3H3. The minimum Gasteiger partial charge on any atom is -0.497 e. The molecule has 1 heterocycles. The van der Waals surface area contributed by atoms with E-state index in [0.29, 0.717) is 6.42 Å². The summed E-state index contributed by atoms with van der Waals surface area (Å²) in [6, 6.07) is 3.96. The van der Waals surface area contributed by atoms with Crippen LogP contribution in [-0.4, -0.2) is 19.6 Å². The first-order chi connectivity index (χ1) is 7.63. The summed E-state index contributed by atoms with van der Waals surface area (Å²) in [6.45, 7) is 4.89. The lowest BCUT2D eigenvalue weighted by Gasteiger charge is -2.21. The van der Waals surface area contributed by atoms with Crippen molar-refractivity contribution in [2.24, 2.45) is 0 Å². The fourth-order valence-corrected chi connectivity index (χ4v) is 2.34. The van der Waals surface area contributed by atoms with Gasteiger partial charge in [-0.15, -0.1) is 0 Å². The Morgan fingerprint density at radius 1 is 1.25 bits per heavy atom. The summed E-state index contributed by atoms with van der Waals surface area (Å²) < 4.78 is 5.22. The van der Waals surface area contributed by atoms with E-state index in [1.54, 1.807) is 7.11 Å². The Morgan fingerprint density at radius 2 is 1.88 bits per heavy atom. The normalized spacial score (nSPS) is 15.7. The largest absolute Gasteiger partial charge is 0.497 e. The van der Waals surface area contributed by atoms with E-state index in [4.69, 9.17) is 4.74 Å². The number of rotatable bonds is 2. The van der Waals surface area contributed by atoms with Crippen LogP contribution in [0.5, 0.6) is 5.75 Å². The Bertz CT molecular complexity index is 403. The molecule has 0 unspecified atom stereocenters. The van der Waals surface area contributed by atoms with E-state index in [1.165, 1.54) is 0 Å². The summed E-state index contributed by atoms with van der Waals surface area (Å²) in [5.41, 5.74) is 3.27.